The first-order valence-corrected chi connectivity index (χ1v) is 11.3. The van der Waals surface area contributed by atoms with E-state index in [1.165, 1.54) is 12.6 Å². The minimum absolute atomic E-state index is 0.00356. The second kappa shape index (κ2) is 9.37. The van der Waals surface area contributed by atoms with Crippen LogP contribution < -0.4 is 10.9 Å². The topological polar surface area (TPSA) is 99.7 Å². The third-order valence-electron chi connectivity index (χ3n) is 5.60. The van der Waals surface area contributed by atoms with Gasteiger partial charge in [-0.2, -0.15) is 27.2 Å². The highest BCUT2D eigenvalue weighted by molar-refractivity contribution is 7.98. The number of rotatable bonds is 6. The van der Waals surface area contributed by atoms with Crippen molar-refractivity contribution in [3.8, 4) is 6.07 Å². The molecule has 1 atom stereocenters. The van der Waals surface area contributed by atoms with Gasteiger partial charge in [0.1, 0.15) is 6.07 Å². The zero-order chi connectivity index (χ0) is 20.1. The summed E-state index contributed by atoms with van der Waals surface area (Å²) in [5.74, 6) is 2.50. The molecular weight excluding hydrogens is 386 g/mol. The van der Waals surface area contributed by atoms with Gasteiger partial charge < -0.3 is 5.32 Å². The Bertz CT molecular complexity index is 955. The van der Waals surface area contributed by atoms with Crippen LogP contribution in [0.1, 0.15) is 36.1 Å². The molecule has 152 valence electrons. The smallest absolute Gasteiger partial charge is 0.267 e. The second-order valence-electron chi connectivity index (χ2n) is 7.45. The van der Waals surface area contributed by atoms with E-state index >= 15 is 0 Å². The second-order valence-corrected chi connectivity index (χ2v) is 8.56. The number of nitrogens with zero attached hydrogens (tertiary/aromatic N) is 6. The molecule has 0 amide bonds. The van der Waals surface area contributed by atoms with E-state index in [-0.39, 0.29) is 5.56 Å². The molecule has 1 fully saturated rings. The molecule has 8 nitrogen and oxygen atoms in total. The van der Waals surface area contributed by atoms with Gasteiger partial charge in [-0.1, -0.05) is 6.42 Å². The number of hydrogen-bond acceptors (Lipinski definition) is 8. The summed E-state index contributed by atoms with van der Waals surface area (Å²) in [6, 6.07) is 5.91. The Balaban J connectivity index is 1.39. The van der Waals surface area contributed by atoms with Crippen molar-refractivity contribution in [3.63, 3.8) is 0 Å². The molecule has 4 rings (SSSR count). The monoisotopic (exact) mass is 411 g/mol. The first-order chi connectivity index (χ1) is 14.2. The van der Waals surface area contributed by atoms with Crippen molar-refractivity contribution in [2.75, 3.05) is 30.7 Å². The SMILES string of the molecule is N#Cc1ccnnc1NCC1CCCCN1CCn1nc2c(cc1=O)CSCC2. The lowest BCUT2D eigenvalue weighted by atomic mass is 10.0. The summed E-state index contributed by atoms with van der Waals surface area (Å²) in [5.41, 5.74) is 2.67. The van der Waals surface area contributed by atoms with Crippen LogP contribution in [0.15, 0.2) is 23.1 Å². The third-order valence-corrected chi connectivity index (χ3v) is 6.61. The highest BCUT2D eigenvalue weighted by atomic mass is 32.2. The van der Waals surface area contributed by atoms with Crippen LogP contribution in [0.3, 0.4) is 0 Å². The molecule has 0 spiro atoms. The maximum Gasteiger partial charge on any atom is 0.267 e. The number of nitriles is 1. The van der Waals surface area contributed by atoms with Crippen LogP contribution in [0.4, 0.5) is 5.82 Å². The van der Waals surface area contributed by atoms with E-state index in [4.69, 9.17) is 0 Å². The molecule has 0 radical (unpaired) electrons. The standard InChI is InChI=1S/C20H25N7OS/c21-12-15-4-6-23-24-20(15)22-13-17-3-1-2-7-26(17)8-9-27-19(28)11-16-14-29-10-5-18(16)25-27/h4,6,11,17H,1-3,5,7-10,13-14H2,(H,22,24). The number of piperidine rings is 1. The molecule has 29 heavy (non-hydrogen) atoms. The van der Waals surface area contributed by atoms with Crippen LogP contribution >= 0.6 is 11.8 Å². The van der Waals surface area contributed by atoms with E-state index in [2.05, 4.69) is 31.6 Å². The molecule has 2 aliphatic heterocycles. The summed E-state index contributed by atoms with van der Waals surface area (Å²) in [6.45, 7) is 3.11. The molecular formula is C20H25N7OS. The molecule has 2 aromatic rings. The van der Waals surface area contributed by atoms with Crippen LogP contribution in [0.2, 0.25) is 0 Å². The van der Waals surface area contributed by atoms with Crippen molar-refractivity contribution in [2.45, 2.75) is 44.0 Å². The molecule has 9 heteroatoms. The quantitative estimate of drug-likeness (QED) is 0.766. The number of anilines is 1. The molecule has 1 N–H and O–H groups in total. The van der Waals surface area contributed by atoms with Crippen molar-refractivity contribution >= 4 is 17.6 Å². The molecule has 4 heterocycles. The van der Waals surface area contributed by atoms with Gasteiger partial charge in [-0.3, -0.25) is 9.69 Å². The van der Waals surface area contributed by atoms with Gasteiger partial charge in [-0.25, -0.2) is 4.68 Å². The van der Waals surface area contributed by atoms with Gasteiger partial charge in [0.15, 0.2) is 5.82 Å². The summed E-state index contributed by atoms with van der Waals surface area (Å²) >= 11 is 1.86. The van der Waals surface area contributed by atoms with Gasteiger partial charge >= 0.3 is 0 Å². The number of fused-ring (bicyclic) bond motifs is 1. The summed E-state index contributed by atoms with van der Waals surface area (Å²) in [6.07, 6.45) is 5.89. The number of likely N-dealkylation sites (tertiary alicyclic amines) is 1. The van der Waals surface area contributed by atoms with E-state index in [9.17, 15) is 10.1 Å². The van der Waals surface area contributed by atoms with Gasteiger partial charge in [0.2, 0.25) is 0 Å². The Morgan fingerprint density at radius 3 is 3.17 bits per heavy atom. The maximum absolute atomic E-state index is 12.4. The Hall–Kier alpha value is -2.44. The van der Waals surface area contributed by atoms with Crippen molar-refractivity contribution < 1.29 is 0 Å². The fourth-order valence-corrected chi connectivity index (χ4v) is 4.94. The Morgan fingerprint density at radius 1 is 1.34 bits per heavy atom. The van der Waals surface area contributed by atoms with Crippen molar-refractivity contribution in [1.82, 2.24) is 24.9 Å². The zero-order valence-electron chi connectivity index (χ0n) is 16.4. The normalized spacial score (nSPS) is 19.3. The van der Waals surface area contributed by atoms with Gasteiger partial charge in [0.05, 0.1) is 24.0 Å². The summed E-state index contributed by atoms with van der Waals surface area (Å²) < 4.78 is 1.63. The van der Waals surface area contributed by atoms with Crippen LogP contribution in [-0.4, -0.2) is 56.3 Å². The minimum atomic E-state index is -0.00356. The summed E-state index contributed by atoms with van der Waals surface area (Å²) in [4.78, 5) is 14.9. The molecule has 1 unspecified atom stereocenters. The van der Waals surface area contributed by atoms with Gasteiger partial charge in [0.25, 0.3) is 5.56 Å². The number of aromatic nitrogens is 4. The third kappa shape index (κ3) is 4.77. The lowest BCUT2D eigenvalue weighted by molar-refractivity contribution is 0.147. The fourth-order valence-electron chi connectivity index (χ4n) is 3.99. The lowest BCUT2D eigenvalue weighted by Gasteiger charge is -2.36. The van der Waals surface area contributed by atoms with Crippen molar-refractivity contribution in [2.24, 2.45) is 0 Å². The fraction of sp³-hybridized carbons (Fsp3) is 0.550. The minimum Gasteiger partial charge on any atom is -0.366 e. The molecule has 2 aliphatic rings. The van der Waals surface area contributed by atoms with Crippen LogP contribution in [-0.2, 0) is 18.7 Å². The summed E-state index contributed by atoms with van der Waals surface area (Å²) in [5, 5.41) is 25.1. The van der Waals surface area contributed by atoms with Crippen molar-refractivity contribution in [1.29, 1.82) is 5.26 Å². The van der Waals surface area contributed by atoms with E-state index in [0.717, 1.165) is 55.1 Å². The van der Waals surface area contributed by atoms with E-state index in [0.29, 0.717) is 30.5 Å². The summed E-state index contributed by atoms with van der Waals surface area (Å²) in [7, 11) is 0. The van der Waals surface area contributed by atoms with E-state index in [1.54, 1.807) is 16.8 Å². The van der Waals surface area contributed by atoms with Crippen LogP contribution in [0.25, 0.3) is 0 Å². The maximum atomic E-state index is 12.4. The number of thioether (sulfide) groups is 1. The van der Waals surface area contributed by atoms with Crippen LogP contribution in [0, 0.1) is 11.3 Å². The predicted molar refractivity (Wildman–Crippen MR) is 113 cm³/mol. The van der Waals surface area contributed by atoms with Gasteiger partial charge in [-0.05, 0) is 36.8 Å². The predicted octanol–water partition coefficient (Wildman–Crippen LogP) is 1.66. The molecule has 1 saturated heterocycles. The highest BCUT2D eigenvalue weighted by Crippen LogP contribution is 2.21. The number of nitrogens with one attached hydrogen (secondary N) is 1. The van der Waals surface area contributed by atoms with Gasteiger partial charge in [0, 0.05) is 37.4 Å². The highest BCUT2D eigenvalue weighted by Gasteiger charge is 2.23. The van der Waals surface area contributed by atoms with Gasteiger partial charge in [-0.15, -0.1) is 5.10 Å². The van der Waals surface area contributed by atoms with Crippen LogP contribution in [0.5, 0.6) is 0 Å². The lowest BCUT2D eigenvalue weighted by Crippen LogP contribution is -2.46. The average Bonchev–Trinajstić information content (AvgIpc) is 2.77. The molecule has 0 aromatic carbocycles. The molecule has 0 bridgehead atoms. The van der Waals surface area contributed by atoms with E-state index < -0.39 is 0 Å². The number of hydrogen-bond donors (Lipinski definition) is 1. The average molecular weight is 412 g/mol. The van der Waals surface area contributed by atoms with Crippen molar-refractivity contribution in [3.05, 3.63) is 45.5 Å². The Morgan fingerprint density at radius 2 is 2.28 bits per heavy atom. The molecule has 2 aromatic heterocycles. The first-order valence-electron chi connectivity index (χ1n) is 10.1. The van der Waals surface area contributed by atoms with E-state index in [1.807, 2.05) is 11.8 Å². The Kier molecular flexibility index (Phi) is 6.42. The molecule has 0 saturated carbocycles. The molecule has 0 aliphatic carbocycles. The zero-order valence-corrected chi connectivity index (χ0v) is 17.2. The largest absolute Gasteiger partial charge is 0.366 e. The number of aryl methyl sites for hydroxylation is 1. The Labute approximate surface area is 174 Å². The first kappa shape index (κ1) is 19.9.